The van der Waals surface area contributed by atoms with Crippen molar-refractivity contribution >= 4 is 11.9 Å². The Kier molecular flexibility index (Phi) is 4.74. The van der Waals surface area contributed by atoms with Crippen LogP contribution in [-0.2, 0) is 16.0 Å². The third-order valence-electron chi connectivity index (χ3n) is 3.46. The van der Waals surface area contributed by atoms with Gasteiger partial charge in [0.25, 0.3) is 0 Å². The van der Waals surface area contributed by atoms with Gasteiger partial charge in [-0.25, -0.2) is 9.59 Å². The van der Waals surface area contributed by atoms with E-state index in [-0.39, 0.29) is 11.5 Å². The average molecular weight is 277 g/mol. The number of benzene rings is 1. The molecule has 5 heteroatoms. The first-order valence-electron chi connectivity index (χ1n) is 6.90. The maximum atomic E-state index is 12.1. The molecule has 1 aromatic rings. The Morgan fingerprint density at radius 3 is 2.95 bits per heavy atom. The van der Waals surface area contributed by atoms with Crippen LogP contribution >= 0.6 is 0 Å². The molecule has 108 valence electrons. The summed E-state index contributed by atoms with van der Waals surface area (Å²) in [6, 6.07) is 4.47. The van der Waals surface area contributed by atoms with Crippen molar-refractivity contribution in [1.82, 2.24) is 5.32 Å². The van der Waals surface area contributed by atoms with Gasteiger partial charge in [0.15, 0.2) is 0 Å². The number of hydrogen-bond acceptors (Lipinski definition) is 4. The summed E-state index contributed by atoms with van der Waals surface area (Å²) in [4.78, 5) is 23.3. The Hall–Kier alpha value is -1.88. The highest BCUT2D eigenvalue weighted by atomic mass is 16.5. The summed E-state index contributed by atoms with van der Waals surface area (Å²) in [6.45, 7) is 3.01. The maximum absolute atomic E-state index is 12.1. The number of rotatable bonds is 5. The third kappa shape index (κ3) is 2.99. The predicted molar refractivity (Wildman–Crippen MR) is 73.7 cm³/mol. The first kappa shape index (κ1) is 14.5. The van der Waals surface area contributed by atoms with Crippen molar-refractivity contribution in [2.75, 3.05) is 13.2 Å². The van der Waals surface area contributed by atoms with Crippen LogP contribution in [-0.4, -0.2) is 30.2 Å². The van der Waals surface area contributed by atoms with E-state index >= 15 is 0 Å². The normalized spacial score (nSPS) is 17.4. The number of nitrogens with one attached hydrogen (secondary N) is 1. The number of aromatic carboxylic acids is 1. The summed E-state index contributed by atoms with van der Waals surface area (Å²) in [5.41, 5.74) is 1.73. The molecule has 1 atom stereocenters. The molecule has 1 aliphatic heterocycles. The van der Waals surface area contributed by atoms with Crippen LogP contribution in [0, 0.1) is 0 Å². The van der Waals surface area contributed by atoms with E-state index in [2.05, 4.69) is 5.32 Å². The number of fused-ring (bicyclic) bond motifs is 1. The van der Waals surface area contributed by atoms with Gasteiger partial charge in [-0.05, 0) is 30.0 Å². The zero-order valence-corrected chi connectivity index (χ0v) is 11.5. The molecular weight excluding hydrogens is 258 g/mol. The highest BCUT2D eigenvalue weighted by Crippen LogP contribution is 2.26. The van der Waals surface area contributed by atoms with Crippen LogP contribution in [0.3, 0.4) is 0 Å². The standard InChI is InChI=1S/C15H19NO4/c1-2-3-9-20-15(19)13-11-5-4-6-12(14(17)18)10(11)7-8-16-13/h4-6,13,16H,2-3,7-9H2,1H3,(H,17,18). The Morgan fingerprint density at radius 1 is 1.45 bits per heavy atom. The first-order chi connectivity index (χ1) is 9.65. The number of carboxylic acids is 1. The molecule has 0 aliphatic carbocycles. The molecule has 5 nitrogen and oxygen atoms in total. The minimum absolute atomic E-state index is 0.273. The fourth-order valence-corrected chi connectivity index (χ4v) is 2.42. The fourth-order valence-electron chi connectivity index (χ4n) is 2.42. The summed E-state index contributed by atoms with van der Waals surface area (Å²) in [7, 11) is 0. The largest absolute Gasteiger partial charge is 0.478 e. The zero-order chi connectivity index (χ0) is 14.5. The van der Waals surface area contributed by atoms with Crippen LogP contribution in [0.2, 0.25) is 0 Å². The van der Waals surface area contributed by atoms with Crippen molar-refractivity contribution in [3.8, 4) is 0 Å². The minimum atomic E-state index is -0.957. The van der Waals surface area contributed by atoms with E-state index in [1.807, 2.05) is 6.92 Å². The number of hydrogen-bond donors (Lipinski definition) is 2. The second-order valence-corrected chi connectivity index (χ2v) is 4.84. The SMILES string of the molecule is CCCCOC(=O)C1NCCc2c(C(=O)O)cccc21. The maximum Gasteiger partial charge on any atom is 0.335 e. The molecule has 1 aliphatic rings. The molecule has 2 N–H and O–H groups in total. The number of unbranched alkanes of at least 4 members (excludes halogenated alkanes) is 1. The van der Waals surface area contributed by atoms with Crippen LogP contribution in [0.5, 0.6) is 0 Å². The summed E-state index contributed by atoms with van der Waals surface area (Å²) in [5, 5.41) is 12.3. The van der Waals surface area contributed by atoms with E-state index in [0.717, 1.165) is 24.0 Å². The van der Waals surface area contributed by atoms with Gasteiger partial charge in [0.2, 0.25) is 0 Å². The smallest absolute Gasteiger partial charge is 0.335 e. The molecule has 0 amide bonds. The van der Waals surface area contributed by atoms with Crippen LogP contribution in [0.25, 0.3) is 0 Å². The van der Waals surface area contributed by atoms with Gasteiger partial charge in [-0.15, -0.1) is 0 Å². The van der Waals surface area contributed by atoms with Crippen LogP contribution in [0.15, 0.2) is 18.2 Å². The van der Waals surface area contributed by atoms with Crippen LogP contribution in [0.4, 0.5) is 0 Å². The summed E-state index contributed by atoms with van der Waals surface area (Å²) >= 11 is 0. The molecule has 0 saturated carbocycles. The molecule has 1 aromatic carbocycles. The zero-order valence-electron chi connectivity index (χ0n) is 11.5. The van der Waals surface area contributed by atoms with Gasteiger partial charge in [-0.2, -0.15) is 0 Å². The van der Waals surface area contributed by atoms with Crippen molar-refractivity contribution < 1.29 is 19.4 Å². The molecule has 0 spiro atoms. The van der Waals surface area contributed by atoms with Crippen LogP contribution in [0.1, 0.15) is 47.3 Å². The van der Waals surface area contributed by atoms with E-state index in [0.29, 0.717) is 19.6 Å². The molecular formula is C15H19NO4. The molecule has 0 radical (unpaired) electrons. The van der Waals surface area contributed by atoms with Crippen molar-refractivity contribution in [1.29, 1.82) is 0 Å². The number of carbonyl (C=O) groups is 2. The number of carbonyl (C=O) groups excluding carboxylic acids is 1. The predicted octanol–water partition coefficient (Wildman–Crippen LogP) is 1.91. The molecule has 0 fully saturated rings. The summed E-state index contributed by atoms with van der Waals surface area (Å²) in [6.07, 6.45) is 2.40. The van der Waals surface area contributed by atoms with Gasteiger partial charge >= 0.3 is 11.9 Å². The van der Waals surface area contributed by atoms with Gasteiger partial charge in [-0.3, -0.25) is 0 Å². The van der Waals surface area contributed by atoms with Crippen LogP contribution < -0.4 is 5.32 Å². The second kappa shape index (κ2) is 6.52. The molecule has 0 aromatic heterocycles. The molecule has 2 rings (SSSR count). The van der Waals surface area contributed by atoms with Gasteiger partial charge in [0.05, 0.1) is 12.2 Å². The highest BCUT2D eigenvalue weighted by Gasteiger charge is 2.29. The van der Waals surface area contributed by atoms with Crippen molar-refractivity contribution in [2.45, 2.75) is 32.2 Å². The third-order valence-corrected chi connectivity index (χ3v) is 3.46. The lowest BCUT2D eigenvalue weighted by molar-refractivity contribution is -0.146. The van der Waals surface area contributed by atoms with Crippen molar-refractivity contribution in [3.63, 3.8) is 0 Å². The monoisotopic (exact) mass is 277 g/mol. The minimum Gasteiger partial charge on any atom is -0.478 e. The van der Waals surface area contributed by atoms with E-state index in [1.54, 1.807) is 18.2 Å². The topological polar surface area (TPSA) is 75.6 Å². The fraction of sp³-hybridized carbons (Fsp3) is 0.467. The Bertz CT molecular complexity index is 513. The molecule has 0 saturated heterocycles. The van der Waals surface area contributed by atoms with E-state index in [1.165, 1.54) is 0 Å². The lowest BCUT2D eigenvalue weighted by Gasteiger charge is -2.26. The number of esters is 1. The molecule has 20 heavy (non-hydrogen) atoms. The quantitative estimate of drug-likeness (QED) is 0.635. The molecule has 1 unspecified atom stereocenters. The Labute approximate surface area is 117 Å². The summed E-state index contributed by atoms with van der Waals surface area (Å²) < 4.78 is 5.23. The first-order valence-corrected chi connectivity index (χ1v) is 6.90. The van der Waals surface area contributed by atoms with E-state index in [4.69, 9.17) is 4.74 Å². The Morgan fingerprint density at radius 2 is 2.25 bits per heavy atom. The van der Waals surface area contributed by atoms with Gasteiger partial charge < -0.3 is 15.2 Å². The van der Waals surface area contributed by atoms with Crippen molar-refractivity contribution in [3.05, 3.63) is 34.9 Å². The Balaban J connectivity index is 2.22. The summed E-state index contributed by atoms with van der Waals surface area (Å²) in [5.74, 6) is -1.29. The molecule has 0 bridgehead atoms. The van der Waals surface area contributed by atoms with Crippen molar-refractivity contribution in [2.24, 2.45) is 0 Å². The van der Waals surface area contributed by atoms with Gasteiger partial charge in [0, 0.05) is 6.54 Å². The van der Waals surface area contributed by atoms with Gasteiger partial charge in [-0.1, -0.05) is 25.5 Å². The molecule has 1 heterocycles. The average Bonchev–Trinajstić information content (AvgIpc) is 2.46. The highest BCUT2D eigenvalue weighted by molar-refractivity contribution is 5.91. The lowest BCUT2D eigenvalue weighted by atomic mass is 9.90. The number of carboxylic acid groups (broad SMARTS) is 1. The van der Waals surface area contributed by atoms with E-state index in [9.17, 15) is 14.7 Å². The lowest BCUT2D eigenvalue weighted by Crippen LogP contribution is -2.37. The second-order valence-electron chi connectivity index (χ2n) is 4.84. The van der Waals surface area contributed by atoms with Gasteiger partial charge in [0.1, 0.15) is 6.04 Å². The van der Waals surface area contributed by atoms with E-state index < -0.39 is 12.0 Å². The number of ether oxygens (including phenoxy) is 1.